The summed E-state index contributed by atoms with van der Waals surface area (Å²) in [6.45, 7) is 4.43. The normalized spacial score (nSPS) is 13.1. The summed E-state index contributed by atoms with van der Waals surface area (Å²) in [5.74, 6) is 1.64. The van der Waals surface area contributed by atoms with Crippen molar-refractivity contribution in [3.05, 3.63) is 35.4 Å². The molecule has 1 nitrogen and oxygen atoms in total. The fourth-order valence-electron chi connectivity index (χ4n) is 1.61. The van der Waals surface area contributed by atoms with E-state index in [-0.39, 0.29) is 6.04 Å². The zero-order valence-corrected chi connectivity index (χ0v) is 10.7. The molecule has 1 unspecified atom stereocenters. The molecule has 0 heterocycles. The van der Waals surface area contributed by atoms with Crippen LogP contribution >= 0.6 is 11.8 Å². The SMILES string of the molecule is CSCC(N)Cc1ccc(C(C)C)cc1. The standard InChI is InChI=1S/C13H21NS/c1-10(2)12-6-4-11(5-7-12)8-13(14)9-15-3/h4-7,10,13H,8-9,14H2,1-3H3. The number of thioether (sulfide) groups is 1. The van der Waals surface area contributed by atoms with E-state index in [4.69, 9.17) is 5.73 Å². The first-order valence-electron chi connectivity index (χ1n) is 5.47. The van der Waals surface area contributed by atoms with Crippen molar-refractivity contribution in [3.63, 3.8) is 0 Å². The topological polar surface area (TPSA) is 26.0 Å². The van der Waals surface area contributed by atoms with Gasteiger partial charge < -0.3 is 5.73 Å². The lowest BCUT2D eigenvalue weighted by Gasteiger charge is -2.11. The van der Waals surface area contributed by atoms with E-state index in [1.165, 1.54) is 11.1 Å². The molecule has 0 aromatic heterocycles. The minimum atomic E-state index is 0.282. The van der Waals surface area contributed by atoms with Crippen LogP contribution in [0, 0.1) is 0 Å². The van der Waals surface area contributed by atoms with Gasteiger partial charge in [0, 0.05) is 11.8 Å². The first-order chi connectivity index (χ1) is 7.13. The summed E-state index contributed by atoms with van der Waals surface area (Å²) in [5, 5.41) is 0. The van der Waals surface area contributed by atoms with Crippen LogP contribution in [-0.2, 0) is 6.42 Å². The Morgan fingerprint density at radius 2 is 1.80 bits per heavy atom. The van der Waals surface area contributed by atoms with Gasteiger partial charge in [-0.05, 0) is 29.7 Å². The van der Waals surface area contributed by atoms with Crippen molar-refractivity contribution in [1.29, 1.82) is 0 Å². The van der Waals surface area contributed by atoms with Gasteiger partial charge in [0.15, 0.2) is 0 Å². The summed E-state index contributed by atoms with van der Waals surface area (Å²) < 4.78 is 0. The van der Waals surface area contributed by atoms with Crippen LogP contribution in [0.5, 0.6) is 0 Å². The zero-order valence-electron chi connectivity index (χ0n) is 9.86. The van der Waals surface area contributed by atoms with Crippen molar-refractivity contribution in [2.45, 2.75) is 32.2 Å². The predicted molar refractivity (Wildman–Crippen MR) is 70.6 cm³/mol. The second-order valence-electron chi connectivity index (χ2n) is 4.32. The van der Waals surface area contributed by atoms with Crippen LogP contribution in [-0.4, -0.2) is 18.1 Å². The second kappa shape index (κ2) is 6.19. The number of hydrogen-bond acceptors (Lipinski definition) is 2. The summed E-state index contributed by atoms with van der Waals surface area (Å²) >= 11 is 1.81. The molecule has 0 spiro atoms. The maximum atomic E-state index is 5.99. The van der Waals surface area contributed by atoms with Gasteiger partial charge >= 0.3 is 0 Å². The predicted octanol–water partition coefficient (Wildman–Crippen LogP) is 3.04. The van der Waals surface area contributed by atoms with Crippen molar-refractivity contribution >= 4 is 11.8 Å². The highest BCUT2D eigenvalue weighted by Gasteiger charge is 2.04. The third kappa shape index (κ3) is 4.27. The van der Waals surface area contributed by atoms with Gasteiger partial charge in [0.25, 0.3) is 0 Å². The molecule has 0 aliphatic carbocycles. The van der Waals surface area contributed by atoms with Gasteiger partial charge in [-0.25, -0.2) is 0 Å². The Morgan fingerprint density at radius 3 is 2.27 bits per heavy atom. The number of rotatable bonds is 5. The molecule has 1 rings (SSSR count). The summed E-state index contributed by atoms with van der Waals surface area (Å²) in [4.78, 5) is 0. The van der Waals surface area contributed by atoms with Gasteiger partial charge in [-0.2, -0.15) is 11.8 Å². The molecule has 0 saturated carbocycles. The van der Waals surface area contributed by atoms with E-state index >= 15 is 0 Å². The van der Waals surface area contributed by atoms with Crippen molar-refractivity contribution in [1.82, 2.24) is 0 Å². The molecule has 84 valence electrons. The highest BCUT2D eigenvalue weighted by atomic mass is 32.2. The molecule has 2 N–H and O–H groups in total. The quantitative estimate of drug-likeness (QED) is 0.830. The largest absolute Gasteiger partial charge is 0.327 e. The molecular weight excluding hydrogens is 202 g/mol. The molecule has 1 atom stereocenters. The Kier molecular flexibility index (Phi) is 5.20. The fourth-order valence-corrected chi connectivity index (χ4v) is 2.16. The fraction of sp³-hybridized carbons (Fsp3) is 0.538. The monoisotopic (exact) mass is 223 g/mol. The molecule has 0 radical (unpaired) electrons. The summed E-state index contributed by atoms with van der Waals surface area (Å²) in [7, 11) is 0. The third-order valence-electron chi connectivity index (χ3n) is 2.53. The minimum Gasteiger partial charge on any atom is -0.327 e. The van der Waals surface area contributed by atoms with Gasteiger partial charge in [-0.15, -0.1) is 0 Å². The lowest BCUT2D eigenvalue weighted by atomic mass is 10.00. The van der Waals surface area contributed by atoms with Crippen molar-refractivity contribution < 1.29 is 0 Å². The number of benzene rings is 1. The maximum absolute atomic E-state index is 5.99. The summed E-state index contributed by atoms with van der Waals surface area (Å²) in [6, 6.07) is 9.12. The van der Waals surface area contributed by atoms with Crippen LogP contribution in [0.4, 0.5) is 0 Å². The lowest BCUT2D eigenvalue weighted by molar-refractivity contribution is 0.748. The van der Waals surface area contributed by atoms with Gasteiger partial charge in [-0.3, -0.25) is 0 Å². The van der Waals surface area contributed by atoms with Crippen molar-refractivity contribution in [3.8, 4) is 0 Å². The van der Waals surface area contributed by atoms with Gasteiger partial charge in [-0.1, -0.05) is 38.1 Å². The lowest BCUT2D eigenvalue weighted by Crippen LogP contribution is -2.25. The molecule has 0 saturated heterocycles. The summed E-state index contributed by atoms with van der Waals surface area (Å²) in [6.07, 6.45) is 3.08. The van der Waals surface area contributed by atoms with Gasteiger partial charge in [0.05, 0.1) is 0 Å². The van der Waals surface area contributed by atoms with Crippen molar-refractivity contribution in [2.75, 3.05) is 12.0 Å². The molecule has 0 aliphatic rings. The smallest absolute Gasteiger partial charge is 0.0171 e. The van der Waals surface area contributed by atoms with E-state index < -0.39 is 0 Å². The van der Waals surface area contributed by atoms with E-state index in [1.807, 2.05) is 11.8 Å². The Morgan fingerprint density at radius 1 is 1.20 bits per heavy atom. The molecule has 1 aromatic rings. The molecule has 1 aromatic carbocycles. The molecule has 0 fully saturated rings. The first kappa shape index (κ1) is 12.6. The molecule has 0 aliphatic heterocycles. The Bertz CT molecular complexity index is 279. The molecular formula is C13H21NS. The molecule has 0 amide bonds. The highest BCUT2D eigenvalue weighted by Crippen LogP contribution is 2.15. The first-order valence-corrected chi connectivity index (χ1v) is 6.86. The molecule has 2 heteroatoms. The van der Waals surface area contributed by atoms with E-state index in [0.29, 0.717) is 5.92 Å². The van der Waals surface area contributed by atoms with Crippen LogP contribution in [0.3, 0.4) is 0 Å². The Labute approximate surface area is 97.4 Å². The van der Waals surface area contributed by atoms with Crippen LogP contribution < -0.4 is 5.73 Å². The average Bonchev–Trinajstić information content (AvgIpc) is 2.18. The summed E-state index contributed by atoms with van der Waals surface area (Å²) in [5.41, 5.74) is 8.74. The van der Waals surface area contributed by atoms with Crippen LogP contribution in [0.1, 0.15) is 30.9 Å². The maximum Gasteiger partial charge on any atom is 0.0171 e. The van der Waals surface area contributed by atoms with E-state index in [1.54, 1.807) is 0 Å². The van der Waals surface area contributed by atoms with Crippen molar-refractivity contribution in [2.24, 2.45) is 5.73 Å². The van der Waals surface area contributed by atoms with Crippen LogP contribution in [0.25, 0.3) is 0 Å². The Balaban J connectivity index is 2.56. The third-order valence-corrected chi connectivity index (χ3v) is 3.29. The van der Waals surface area contributed by atoms with Crippen LogP contribution in [0.2, 0.25) is 0 Å². The molecule has 0 bridgehead atoms. The minimum absolute atomic E-state index is 0.282. The van der Waals surface area contributed by atoms with Crippen LogP contribution in [0.15, 0.2) is 24.3 Å². The number of nitrogens with two attached hydrogens (primary N) is 1. The van der Waals surface area contributed by atoms with E-state index in [9.17, 15) is 0 Å². The highest BCUT2D eigenvalue weighted by molar-refractivity contribution is 7.98. The van der Waals surface area contributed by atoms with E-state index in [0.717, 1.165) is 12.2 Å². The Hall–Kier alpha value is -0.470. The van der Waals surface area contributed by atoms with E-state index in [2.05, 4.69) is 44.4 Å². The number of hydrogen-bond donors (Lipinski definition) is 1. The second-order valence-corrected chi connectivity index (χ2v) is 5.23. The molecule has 15 heavy (non-hydrogen) atoms. The van der Waals surface area contributed by atoms with Gasteiger partial charge in [0.2, 0.25) is 0 Å². The zero-order chi connectivity index (χ0) is 11.3. The average molecular weight is 223 g/mol. The van der Waals surface area contributed by atoms with Gasteiger partial charge in [0.1, 0.15) is 0 Å².